The van der Waals surface area contributed by atoms with E-state index in [1.807, 2.05) is 38.1 Å². The van der Waals surface area contributed by atoms with Gasteiger partial charge < -0.3 is 14.4 Å². The Bertz CT molecular complexity index is 563. The summed E-state index contributed by atoms with van der Waals surface area (Å²) in [7, 11) is 0. The Morgan fingerprint density at radius 1 is 1.26 bits per heavy atom. The number of carbonyl (C=O) groups excluding carboxylic acids is 2. The van der Waals surface area contributed by atoms with Crippen molar-refractivity contribution in [1.82, 2.24) is 0 Å². The minimum atomic E-state index is -0.392. The van der Waals surface area contributed by atoms with Crippen LogP contribution in [0.2, 0.25) is 0 Å². The standard InChI is InChI=1S/C18H23NO4/c1-14(2)22-12-13-23-18(21)10-7-15-5-8-16(9-6-15)19-11-3-4-17(19)20/h5-10,14H,3-4,11-13H2,1-2H3/b10-7+. The molecule has 0 N–H and O–H groups in total. The zero-order chi connectivity index (χ0) is 16.7. The normalized spacial score (nSPS) is 14.9. The summed E-state index contributed by atoms with van der Waals surface area (Å²) in [4.78, 5) is 25.0. The molecule has 0 aliphatic carbocycles. The molecule has 124 valence electrons. The van der Waals surface area contributed by atoms with Crippen LogP contribution in [-0.4, -0.2) is 37.7 Å². The van der Waals surface area contributed by atoms with Gasteiger partial charge in [0.15, 0.2) is 0 Å². The Morgan fingerprint density at radius 3 is 2.61 bits per heavy atom. The molecule has 0 aromatic heterocycles. The van der Waals surface area contributed by atoms with Crippen molar-refractivity contribution >= 4 is 23.6 Å². The van der Waals surface area contributed by atoms with Gasteiger partial charge in [-0.15, -0.1) is 0 Å². The lowest BCUT2D eigenvalue weighted by Crippen LogP contribution is -2.23. The van der Waals surface area contributed by atoms with Crippen LogP contribution in [0.15, 0.2) is 30.3 Å². The van der Waals surface area contributed by atoms with Crippen LogP contribution in [0.3, 0.4) is 0 Å². The number of carbonyl (C=O) groups is 2. The van der Waals surface area contributed by atoms with E-state index in [9.17, 15) is 9.59 Å². The summed E-state index contributed by atoms with van der Waals surface area (Å²) in [6, 6.07) is 7.55. The van der Waals surface area contributed by atoms with Gasteiger partial charge in [0.05, 0.1) is 12.7 Å². The van der Waals surface area contributed by atoms with Crippen LogP contribution < -0.4 is 4.90 Å². The Morgan fingerprint density at radius 2 is 2.00 bits per heavy atom. The highest BCUT2D eigenvalue weighted by atomic mass is 16.6. The maximum atomic E-state index is 11.7. The summed E-state index contributed by atoms with van der Waals surface area (Å²) in [5, 5.41) is 0. The van der Waals surface area contributed by atoms with Crippen molar-refractivity contribution in [3.63, 3.8) is 0 Å². The molecule has 1 heterocycles. The monoisotopic (exact) mass is 317 g/mol. The first-order chi connectivity index (χ1) is 11.1. The number of hydrogen-bond donors (Lipinski definition) is 0. The largest absolute Gasteiger partial charge is 0.460 e. The Balaban J connectivity index is 1.80. The number of benzene rings is 1. The molecule has 1 aliphatic heterocycles. The number of nitrogens with zero attached hydrogens (tertiary/aromatic N) is 1. The Hall–Kier alpha value is -2.14. The fourth-order valence-electron chi connectivity index (χ4n) is 2.32. The molecule has 1 aromatic rings. The van der Waals surface area contributed by atoms with Gasteiger partial charge in [0.25, 0.3) is 0 Å². The second kappa shape index (κ2) is 8.48. The van der Waals surface area contributed by atoms with E-state index in [-0.39, 0.29) is 18.6 Å². The minimum absolute atomic E-state index is 0.130. The van der Waals surface area contributed by atoms with E-state index in [1.165, 1.54) is 6.08 Å². The molecule has 1 amide bonds. The van der Waals surface area contributed by atoms with Gasteiger partial charge in [-0.2, -0.15) is 0 Å². The first-order valence-electron chi connectivity index (χ1n) is 7.93. The molecule has 0 bridgehead atoms. The summed E-state index contributed by atoms with van der Waals surface area (Å²) in [5.74, 6) is -0.225. The molecule has 23 heavy (non-hydrogen) atoms. The number of amides is 1. The van der Waals surface area contributed by atoms with Gasteiger partial charge in [0.1, 0.15) is 6.61 Å². The topological polar surface area (TPSA) is 55.8 Å². The van der Waals surface area contributed by atoms with E-state index in [2.05, 4.69) is 0 Å². The summed E-state index contributed by atoms with van der Waals surface area (Å²) in [5.41, 5.74) is 1.79. The summed E-state index contributed by atoms with van der Waals surface area (Å²) < 4.78 is 10.3. The lowest BCUT2D eigenvalue weighted by molar-refractivity contribution is -0.139. The molecule has 0 atom stereocenters. The van der Waals surface area contributed by atoms with E-state index >= 15 is 0 Å². The van der Waals surface area contributed by atoms with E-state index in [0.717, 1.165) is 24.2 Å². The number of rotatable bonds is 7. The van der Waals surface area contributed by atoms with E-state index < -0.39 is 5.97 Å². The maximum absolute atomic E-state index is 11.7. The molecule has 1 aromatic carbocycles. The minimum Gasteiger partial charge on any atom is -0.460 e. The van der Waals surface area contributed by atoms with Crippen molar-refractivity contribution in [2.75, 3.05) is 24.7 Å². The van der Waals surface area contributed by atoms with Crippen LogP contribution in [0.1, 0.15) is 32.3 Å². The molecule has 5 heteroatoms. The van der Waals surface area contributed by atoms with Crippen LogP contribution in [0, 0.1) is 0 Å². The van der Waals surface area contributed by atoms with E-state index in [1.54, 1.807) is 11.0 Å². The number of hydrogen-bond acceptors (Lipinski definition) is 4. The van der Waals surface area contributed by atoms with E-state index in [0.29, 0.717) is 13.0 Å². The number of ether oxygens (including phenoxy) is 2. The third kappa shape index (κ3) is 5.53. The molecule has 0 unspecified atom stereocenters. The van der Waals surface area contributed by atoms with Gasteiger partial charge in [-0.25, -0.2) is 4.79 Å². The molecular formula is C18H23NO4. The molecule has 5 nitrogen and oxygen atoms in total. The lowest BCUT2D eigenvalue weighted by atomic mass is 10.2. The molecule has 1 aliphatic rings. The van der Waals surface area contributed by atoms with Crippen molar-refractivity contribution in [1.29, 1.82) is 0 Å². The first kappa shape index (κ1) is 17.2. The smallest absolute Gasteiger partial charge is 0.330 e. The SMILES string of the molecule is CC(C)OCCOC(=O)/C=C/c1ccc(N2CCCC2=O)cc1. The van der Waals surface area contributed by atoms with Gasteiger partial charge in [0, 0.05) is 24.7 Å². The highest BCUT2D eigenvalue weighted by Gasteiger charge is 2.21. The Labute approximate surface area is 136 Å². The fourth-order valence-corrected chi connectivity index (χ4v) is 2.32. The third-order valence-corrected chi connectivity index (χ3v) is 3.47. The van der Waals surface area contributed by atoms with Gasteiger partial charge in [0.2, 0.25) is 5.91 Å². The molecule has 0 saturated carbocycles. The van der Waals surface area contributed by atoms with Crippen molar-refractivity contribution in [3.8, 4) is 0 Å². The highest BCUT2D eigenvalue weighted by molar-refractivity contribution is 5.95. The second-order valence-electron chi connectivity index (χ2n) is 5.66. The summed E-state index contributed by atoms with van der Waals surface area (Å²) >= 11 is 0. The predicted molar refractivity (Wildman–Crippen MR) is 89.1 cm³/mol. The van der Waals surface area contributed by atoms with Gasteiger partial charge in [-0.3, -0.25) is 4.79 Å². The van der Waals surface area contributed by atoms with Crippen molar-refractivity contribution in [2.45, 2.75) is 32.8 Å². The van der Waals surface area contributed by atoms with Gasteiger partial charge in [-0.1, -0.05) is 12.1 Å². The molecule has 2 rings (SSSR count). The lowest BCUT2D eigenvalue weighted by Gasteiger charge is -2.15. The summed E-state index contributed by atoms with van der Waals surface area (Å²) in [6.45, 7) is 5.29. The number of anilines is 1. The van der Waals surface area contributed by atoms with Crippen molar-refractivity contribution in [2.24, 2.45) is 0 Å². The molecule has 0 radical (unpaired) electrons. The average molecular weight is 317 g/mol. The first-order valence-corrected chi connectivity index (χ1v) is 7.93. The van der Waals surface area contributed by atoms with Gasteiger partial charge >= 0.3 is 5.97 Å². The predicted octanol–water partition coefficient (Wildman–Crippen LogP) is 2.79. The highest BCUT2D eigenvalue weighted by Crippen LogP contribution is 2.21. The zero-order valence-electron chi connectivity index (χ0n) is 13.7. The maximum Gasteiger partial charge on any atom is 0.330 e. The van der Waals surface area contributed by atoms with Crippen molar-refractivity contribution in [3.05, 3.63) is 35.9 Å². The van der Waals surface area contributed by atoms with Crippen LogP contribution in [0.5, 0.6) is 0 Å². The zero-order valence-corrected chi connectivity index (χ0v) is 13.7. The fraction of sp³-hybridized carbons (Fsp3) is 0.444. The van der Waals surface area contributed by atoms with Crippen molar-refractivity contribution < 1.29 is 19.1 Å². The third-order valence-electron chi connectivity index (χ3n) is 3.47. The molecule has 1 saturated heterocycles. The van der Waals surface area contributed by atoms with Crippen LogP contribution in [0.4, 0.5) is 5.69 Å². The summed E-state index contributed by atoms with van der Waals surface area (Å²) in [6.07, 6.45) is 4.75. The quantitative estimate of drug-likeness (QED) is 0.441. The molecular weight excluding hydrogens is 294 g/mol. The second-order valence-corrected chi connectivity index (χ2v) is 5.66. The van der Waals surface area contributed by atoms with Crippen LogP contribution >= 0.6 is 0 Å². The van der Waals surface area contributed by atoms with Crippen LogP contribution in [-0.2, 0) is 19.1 Å². The number of esters is 1. The average Bonchev–Trinajstić information content (AvgIpc) is 2.96. The molecule has 1 fully saturated rings. The van der Waals surface area contributed by atoms with Crippen LogP contribution in [0.25, 0.3) is 6.08 Å². The molecule has 0 spiro atoms. The van der Waals surface area contributed by atoms with Gasteiger partial charge in [-0.05, 0) is 44.0 Å². The van der Waals surface area contributed by atoms with E-state index in [4.69, 9.17) is 9.47 Å². The Kier molecular flexibility index (Phi) is 6.35.